The van der Waals surface area contributed by atoms with Crippen LogP contribution in [0, 0.1) is 0 Å². The third-order valence-corrected chi connectivity index (χ3v) is 5.33. The van der Waals surface area contributed by atoms with Gasteiger partial charge >= 0.3 is 0 Å². The van der Waals surface area contributed by atoms with Crippen molar-refractivity contribution in [1.82, 2.24) is 25.1 Å². The minimum atomic E-state index is -0.223. The number of rotatable bonds is 5. The molecule has 5 rings (SSSR count). The predicted octanol–water partition coefficient (Wildman–Crippen LogP) is 5.07. The minimum absolute atomic E-state index is 0.223. The molecule has 0 bridgehead atoms. The van der Waals surface area contributed by atoms with Crippen LogP contribution >= 0.6 is 11.6 Å². The Kier molecular flexibility index (Phi) is 5.35. The highest BCUT2D eigenvalue weighted by Gasteiger charge is 2.16. The van der Waals surface area contributed by atoms with Crippen molar-refractivity contribution in [2.45, 2.75) is 6.54 Å². The predicted molar refractivity (Wildman–Crippen MR) is 125 cm³/mol. The van der Waals surface area contributed by atoms with Gasteiger partial charge in [0.2, 0.25) is 0 Å². The lowest BCUT2D eigenvalue weighted by atomic mass is 10.1. The lowest BCUT2D eigenvalue weighted by molar-refractivity contribution is 0.0952. The van der Waals surface area contributed by atoms with Gasteiger partial charge in [-0.1, -0.05) is 48.0 Å². The standard InChI is InChI=1S/C25H18ClN5O/c26-23-14-21(20-8-4-5-9-22(20)29-23)25(32)28-15-18-16-31(19-6-2-1-3-7-19)30-24(18)17-10-12-27-13-11-17/h1-14,16H,15H2,(H,28,32). The summed E-state index contributed by atoms with van der Waals surface area (Å²) in [6.07, 6.45) is 5.39. The first-order valence-electron chi connectivity index (χ1n) is 10.1. The second-order valence-corrected chi connectivity index (χ2v) is 7.60. The number of amides is 1. The van der Waals surface area contributed by atoms with Crippen molar-refractivity contribution in [2.75, 3.05) is 0 Å². The Balaban J connectivity index is 1.48. The molecule has 3 heterocycles. The van der Waals surface area contributed by atoms with Gasteiger partial charge in [-0.15, -0.1) is 0 Å². The summed E-state index contributed by atoms with van der Waals surface area (Å²) in [6, 6.07) is 22.7. The molecular formula is C25H18ClN5O. The summed E-state index contributed by atoms with van der Waals surface area (Å²) in [5, 5.41) is 8.82. The van der Waals surface area contributed by atoms with Crippen LogP contribution < -0.4 is 5.32 Å². The molecule has 1 N–H and O–H groups in total. The van der Waals surface area contributed by atoms with Crippen molar-refractivity contribution in [2.24, 2.45) is 0 Å². The molecule has 156 valence electrons. The summed E-state index contributed by atoms with van der Waals surface area (Å²) < 4.78 is 1.82. The third-order valence-electron chi connectivity index (χ3n) is 5.13. The Morgan fingerprint density at radius 1 is 0.969 bits per heavy atom. The lowest BCUT2D eigenvalue weighted by Crippen LogP contribution is -2.23. The van der Waals surface area contributed by atoms with E-state index in [1.54, 1.807) is 18.5 Å². The highest BCUT2D eigenvalue weighted by Crippen LogP contribution is 2.24. The van der Waals surface area contributed by atoms with Crippen LogP contribution in [0.1, 0.15) is 15.9 Å². The van der Waals surface area contributed by atoms with Crippen molar-refractivity contribution in [3.05, 3.63) is 108 Å². The van der Waals surface area contributed by atoms with Crippen molar-refractivity contribution in [3.63, 3.8) is 0 Å². The second kappa shape index (κ2) is 8.61. The molecule has 7 heteroatoms. The number of aromatic nitrogens is 4. The number of nitrogens with one attached hydrogen (secondary N) is 1. The summed E-state index contributed by atoms with van der Waals surface area (Å²) in [4.78, 5) is 21.5. The van der Waals surface area contributed by atoms with Crippen molar-refractivity contribution >= 4 is 28.4 Å². The van der Waals surface area contributed by atoms with Gasteiger partial charge in [0.05, 0.1) is 22.5 Å². The van der Waals surface area contributed by atoms with Gasteiger partial charge in [-0.3, -0.25) is 9.78 Å². The molecule has 6 nitrogen and oxygen atoms in total. The van der Waals surface area contributed by atoms with Crippen LogP contribution in [0.4, 0.5) is 0 Å². The Hall–Kier alpha value is -4.03. The molecule has 0 saturated carbocycles. The Bertz CT molecular complexity index is 1400. The molecular weight excluding hydrogens is 422 g/mol. The van der Waals surface area contributed by atoms with Crippen LogP contribution in [0.3, 0.4) is 0 Å². The molecule has 0 spiro atoms. The van der Waals surface area contributed by atoms with Crippen molar-refractivity contribution in [3.8, 4) is 16.9 Å². The van der Waals surface area contributed by atoms with Gasteiger partial charge < -0.3 is 5.32 Å². The number of hydrogen-bond donors (Lipinski definition) is 1. The Morgan fingerprint density at radius 3 is 2.53 bits per heavy atom. The first-order chi connectivity index (χ1) is 15.7. The van der Waals surface area contributed by atoms with Crippen LogP contribution in [0.25, 0.3) is 27.8 Å². The topological polar surface area (TPSA) is 72.7 Å². The lowest BCUT2D eigenvalue weighted by Gasteiger charge is -2.09. The maximum Gasteiger partial charge on any atom is 0.252 e. The molecule has 32 heavy (non-hydrogen) atoms. The smallest absolute Gasteiger partial charge is 0.252 e. The van der Waals surface area contributed by atoms with Crippen LogP contribution in [0.5, 0.6) is 0 Å². The zero-order chi connectivity index (χ0) is 21.9. The van der Waals surface area contributed by atoms with Gasteiger partial charge in [0.15, 0.2) is 0 Å². The number of carbonyl (C=O) groups is 1. The fourth-order valence-electron chi connectivity index (χ4n) is 3.61. The van der Waals surface area contributed by atoms with Crippen LogP contribution in [0.2, 0.25) is 5.15 Å². The van der Waals surface area contributed by atoms with E-state index in [0.717, 1.165) is 27.9 Å². The fraction of sp³-hybridized carbons (Fsp3) is 0.0400. The zero-order valence-corrected chi connectivity index (χ0v) is 17.7. The molecule has 1 amide bonds. The summed E-state index contributed by atoms with van der Waals surface area (Å²) in [6.45, 7) is 0.303. The van der Waals surface area contributed by atoms with Gasteiger partial charge in [-0.25, -0.2) is 9.67 Å². The van der Waals surface area contributed by atoms with Crippen molar-refractivity contribution < 1.29 is 4.79 Å². The number of carbonyl (C=O) groups excluding carboxylic acids is 1. The molecule has 5 aromatic rings. The van der Waals surface area contributed by atoms with E-state index < -0.39 is 0 Å². The normalized spacial score (nSPS) is 10.9. The van der Waals surface area contributed by atoms with Gasteiger partial charge in [0.25, 0.3) is 5.91 Å². The molecule has 3 aromatic heterocycles. The number of fused-ring (bicyclic) bond motifs is 1. The van der Waals surface area contributed by atoms with Crippen molar-refractivity contribution in [1.29, 1.82) is 0 Å². The summed E-state index contributed by atoms with van der Waals surface area (Å²) in [7, 11) is 0. The largest absolute Gasteiger partial charge is 0.348 e. The Morgan fingerprint density at radius 2 is 1.72 bits per heavy atom. The summed E-state index contributed by atoms with van der Waals surface area (Å²) in [5.41, 5.74) is 4.71. The van der Waals surface area contributed by atoms with E-state index in [2.05, 4.69) is 15.3 Å². The molecule has 0 unspecified atom stereocenters. The van der Waals surface area contributed by atoms with Crippen LogP contribution in [0.15, 0.2) is 91.4 Å². The number of hydrogen-bond acceptors (Lipinski definition) is 4. The van der Waals surface area contributed by atoms with E-state index in [-0.39, 0.29) is 11.1 Å². The first kappa shape index (κ1) is 19.9. The minimum Gasteiger partial charge on any atom is -0.348 e. The van der Waals surface area contributed by atoms with Crippen LogP contribution in [-0.2, 0) is 6.54 Å². The Labute approximate surface area is 189 Å². The fourth-order valence-corrected chi connectivity index (χ4v) is 3.81. The molecule has 0 radical (unpaired) electrons. The van der Waals surface area contributed by atoms with E-state index >= 15 is 0 Å². The van der Waals surface area contributed by atoms with Crippen LogP contribution in [-0.4, -0.2) is 25.7 Å². The number of pyridine rings is 2. The summed E-state index contributed by atoms with van der Waals surface area (Å²) >= 11 is 6.15. The second-order valence-electron chi connectivity index (χ2n) is 7.21. The van der Waals surface area contributed by atoms with E-state index in [1.807, 2.05) is 77.6 Å². The average Bonchev–Trinajstić information content (AvgIpc) is 3.27. The SMILES string of the molecule is O=C(NCc1cn(-c2ccccc2)nc1-c1ccncc1)c1cc(Cl)nc2ccccc12. The molecule has 0 aliphatic carbocycles. The first-order valence-corrected chi connectivity index (χ1v) is 10.4. The van der Waals surface area contributed by atoms with Gasteiger partial charge in [-0.05, 0) is 36.4 Å². The van der Waals surface area contributed by atoms with E-state index in [0.29, 0.717) is 17.6 Å². The summed E-state index contributed by atoms with van der Waals surface area (Å²) in [5.74, 6) is -0.223. The van der Waals surface area contributed by atoms with Gasteiger partial charge in [0, 0.05) is 41.6 Å². The van der Waals surface area contributed by atoms with E-state index in [4.69, 9.17) is 16.7 Å². The maximum absolute atomic E-state index is 13.1. The molecule has 2 aromatic carbocycles. The molecule has 0 aliphatic heterocycles. The number of halogens is 1. The van der Waals surface area contributed by atoms with E-state index in [1.165, 1.54) is 0 Å². The van der Waals surface area contributed by atoms with E-state index in [9.17, 15) is 4.79 Å². The molecule has 0 aliphatic rings. The number of para-hydroxylation sites is 2. The molecule has 0 atom stereocenters. The number of benzene rings is 2. The highest BCUT2D eigenvalue weighted by molar-refractivity contribution is 6.30. The van der Waals surface area contributed by atoms with Gasteiger partial charge in [0.1, 0.15) is 5.15 Å². The molecule has 0 saturated heterocycles. The monoisotopic (exact) mass is 439 g/mol. The molecule has 0 fully saturated rings. The zero-order valence-electron chi connectivity index (χ0n) is 16.9. The highest BCUT2D eigenvalue weighted by atomic mass is 35.5. The average molecular weight is 440 g/mol. The quantitative estimate of drug-likeness (QED) is 0.388. The maximum atomic E-state index is 13.1. The third kappa shape index (κ3) is 3.96. The number of nitrogens with zero attached hydrogens (tertiary/aromatic N) is 4. The van der Waals surface area contributed by atoms with Gasteiger partial charge in [-0.2, -0.15) is 5.10 Å².